The topological polar surface area (TPSA) is 104 Å². The maximum atomic E-state index is 11.4. The van der Waals surface area contributed by atoms with E-state index in [-0.39, 0.29) is 13.0 Å². The van der Waals surface area contributed by atoms with E-state index in [1.54, 1.807) is 0 Å². The number of hydrogen-bond acceptors (Lipinski definition) is 4. The van der Waals surface area contributed by atoms with Crippen LogP contribution < -0.4 is 16.0 Å². The largest absolute Gasteiger partial charge is 0.355 e. The van der Waals surface area contributed by atoms with Crippen LogP contribution in [0.4, 0.5) is 4.79 Å². The lowest BCUT2D eigenvalue weighted by atomic mass is 9.83. The summed E-state index contributed by atoms with van der Waals surface area (Å²) in [6.45, 7) is 0.258. The standard InChI is InChI=1S/C7H7N3O4/c11-3-7(1-2-8-3)4(12)9-6(14)10-5(7)13/h1-2H2,(H,8,11)(H2,9,10,12,13,14). The Morgan fingerprint density at radius 2 is 1.50 bits per heavy atom. The highest BCUT2D eigenvalue weighted by Crippen LogP contribution is 2.28. The third-order valence-electron chi connectivity index (χ3n) is 2.40. The Morgan fingerprint density at radius 3 is 1.93 bits per heavy atom. The fraction of sp³-hybridized carbons (Fsp3) is 0.429. The Hall–Kier alpha value is -1.92. The molecule has 0 unspecified atom stereocenters. The maximum Gasteiger partial charge on any atom is 0.328 e. The van der Waals surface area contributed by atoms with Crippen LogP contribution in [0.2, 0.25) is 0 Å². The zero-order valence-corrected chi connectivity index (χ0v) is 7.05. The van der Waals surface area contributed by atoms with Crippen molar-refractivity contribution in [2.24, 2.45) is 5.41 Å². The van der Waals surface area contributed by atoms with Crippen LogP contribution in [0, 0.1) is 5.41 Å². The van der Waals surface area contributed by atoms with E-state index in [9.17, 15) is 19.2 Å². The molecule has 7 heteroatoms. The van der Waals surface area contributed by atoms with E-state index in [0.717, 1.165) is 0 Å². The van der Waals surface area contributed by atoms with Crippen LogP contribution in [0.15, 0.2) is 0 Å². The van der Waals surface area contributed by atoms with Crippen LogP contribution in [-0.4, -0.2) is 30.3 Å². The highest BCUT2D eigenvalue weighted by Gasteiger charge is 2.58. The number of amides is 5. The molecule has 0 atom stereocenters. The van der Waals surface area contributed by atoms with E-state index in [2.05, 4.69) is 5.32 Å². The van der Waals surface area contributed by atoms with Crippen molar-refractivity contribution < 1.29 is 19.2 Å². The highest BCUT2D eigenvalue weighted by atomic mass is 16.2. The molecule has 2 aliphatic heterocycles. The molecular formula is C7H7N3O4. The van der Waals surface area contributed by atoms with Gasteiger partial charge in [-0.25, -0.2) is 4.79 Å². The van der Waals surface area contributed by atoms with Crippen molar-refractivity contribution >= 4 is 23.8 Å². The molecule has 3 N–H and O–H groups in total. The van der Waals surface area contributed by atoms with Gasteiger partial charge in [-0.1, -0.05) is 0 Å². The van der Waals surface area contributed by atoms with Crippen LogP contribution in [0.3, 0.4) is 0 Å². The van der Waals surface area contributed by atoms with E-state index < -0.39 is 29.2 Å². The lowest BCUT2D eigenvalue weighted by Crippen LogP contribution is -2.64. The first-order chi connectivity index (χ1) is 6.57. The average molecular weight is 197 g/mol. The van der Waals surface area contributed by atoms with Crippen molar-refractivity contribution in [3.8, 4) is 0 Å². The Balaban J connectivity index is 2.42. The molecular weight excluding hydrogens is 190 g/mol. The van der Waals surface area contributed by atoms with Gasteiger partial charge >= 0.3 is 6.03 Å². The second-order valence-electron chi connectivity index (χ2n) is 3.15. The van der Waals surface area contributed by atoms with Gasteiger partial charge in [0.05, 0.1) is 0 Å². The smallest absolute Gasteiger partial charge is 0.328 e. The highest BCUT2D eigenvalue weighted by molar-refractivity contribution is 6.30. The van der Waals surface area contributed by atoms with Gasteiger partial charge in [0.15, 0.2) is 0 Å². The summed E-state index contributed by atoms with van der Waals surface area (Å²) in [7, 11) is 0. The number of carbonyl (C=O) groups excluding carboxylic acids is 4. The van der Waals surface area contributed by atoms with E-state index in [4.69, 9.17) is 0 Å². The number of urea groups is 1. The molecule has 2 rings (SSSR count). The number of carbonyl (C=O) groups is 4. The molecule has 0 saturated carbocycles. The lowest BCUT2D eigenvalue weighted by molar-refractivity contribution is -0.150. The minimum atomic E-state index is -1.74. The molecule has 0 aromatic rings. The number of hydrogen-bond donors (Lipinski definition) is 3. The van der Waals surface area contributed by atoms with Crippen molar-refractivity contribution in [1.82, 2.24) is 16.0 Å². The Bertz CT molecular complexity index is 342. The summed E-state index contributed by atoms with van der Waals surface area (Å²) in [6.07, 6.45) is 0.0801. The van der Waals surface area contributed by atoms with Crippen molar-refractivity contribution in [1.29, 1.82) is 0 Å². The van der Waals surface area contributed by atoms with Crippen LogP contribution in [0.5, 0.6) is 0 Å². The van der Waals surface area contributed by atoms with Gasteiger partial charge in [0, 0.05) is 6.54 Å². The molecule has 1 spiro atoms. The number of rotatable bonds is 0. The van der Waals surface area contributed by atoms with Crippen molar-refractivity contribution in [3.63, 3.8) is 0 Å². The molecule has 7 nitrogen and oxygen atoms in total. The average Bonchev–Trinajstić information content (AvgIpc) is 2.45. The second kappa shape index (κ2) is 2.53. The maximum absolute atomic E-state index is 11.4. The predicted octanol–water partition coefficient (Wildman–Crippen LogP) is -2.14. The van der Waals surface area contributed by atoms with E-state index in [0.29, 0.717) is 0 Å². The number of barbiturate groups is 1. The molecule has 0 aromatic heterocycles. The monoisotopic (exact) mass is 197 g/mol. The van der Waals surface area contributed by atoms with Gasteiger partial charge in [-0.3, -0.25) is 25.0 Å². The summed E-state index contributed by atoms with van der Waals surface area (Å²) in [5, 5.41) is 6.19. The quantitative estimate of drug-likeness (QED) is 0.385. The SMILES string of the molecule is O=C1NC(=O)C2(CCNC2=O)C(=O)N1. The van der Waals surface area contributed by atoms with E-state index in [1.807, 2.05) is 10.6 Å². The predicted molar refractivity (Wildman–Crippen MR) is 41.7 cm³/mol. The second-order valence-corrected chi connectivity index (χ2v) is 3.15. The summed E-state index contributed by atoms with van der Waals surface area (Å²) in [5.74, 6) is -2.34. The van der Waals surface area contributed by atoms with Gasteiger partial charge in [-0.2, -0.15) is 0 Å². The Morgan fingerprint density at radius 1 is 0.929 bits per heavy atom. The molecule has 0 bridgehead atoms. The molecule has 0 radical (unpaired) electrons. The first kappa shape index (κ1) is 8.67. The zero-order valence-electron chi connectivity index (χ0n) is 7.05. The third-order valence-corrected chi connectivity index (χ3v) is 2.40. The lowest BCUT2D eigenvalue weighted by Gasteiger charge is -2.26. The summed E-state index contributed by atoms with van der Waals surface area (Å²) in [6, 6.07) is -0.884. The number of imide groups is 2. The molecule has 2 fully saturated rings. The fourth-order valence-electron chi connectivity index (χ4n) is 1.62. The van der Waals surface area contributed by atoms with Gasteiger partial charge in [0.2, 0.25) is 11.3 Å². The summed E-state index contributed by atoms with van der Waals surface area (Å²) >= 11 is 0. The van der Waals surface area contributed by atoms with Crippen molar-refractivity contribution in [3.05, 3.63) is 0 Å². The minimum absolute atomic E-state index is 0.0801. The molecule has 2 heterocycles. The van der Waals surface area contributed by atoms with Crippen molar-refractivity contribution in [2.75, 3.05) is 6.54 Å². The molecule has 14 heavy (non-hydrogen) atoms. The van der Waals surface area contributed by atoms with Gasteiger partial charge in [-0.15, -0.1) is 0 Å². The van der Waals surface area contributed by atoms with Gasteiger partial charge in [0.25, 0.3) is 11.8 Å². The van der Waals surface area contributed by atoms with Gasteiger partial charge in [0.1, 0.15) is 0 Å². The van der Waals surface area contributed by atoms with Crippen LogP contribution >= 0.6 is 0 Å². The zero-order chi connectivity index (χ0) is 10.3. The van der Waals surface area contributed by atoms with E-state index in [1.165, 1.54) is 0 Å². The normalized spacial score (nSPS) is 24.6. The van der Waals surface area contributed by atoms with Crippen LogP contribution in [0.25, 0.3) is 0 Å². The summed E-state index contributed by atoms with van der Waals surface area (Å²) < 4.78 is 0. The molecule has 2 aliphatic rings. The Labute approximate surface area is 78.2 Å². The molecule has 74 valence electrons. The minimum Gasteiger partial charge on any atom is -0.355 e. The first-order valence-corrected chi connectivity index (χ1v) is 4.02. The molecule has 5 amide bonds. The molecule has 0 aromatic carbocycles. The summed E-state index contributed by atoms with van der Waals surface area (Å²) in [5.41, 5.74) is -1.74. The summed E-state index contributed by atoms with van der Waals surface area (Å²) in [4.78, 5) is 44.9. The van der Waals surface area contributed by atoms with Gasteiger partial charge in [-0.05, 0) is 6.42 Å². The van der Waals surface area contributed by atoms with Crippen LogP contribution in [0.1, 0.15) is 6.42 Å². The van der Waals surface area contributed by atoms with Gasteiger partial charge < -0.3 is 5.32 Å². The van der Waals surface area contributed by atoms with E-state index >= 15 is 0 Å². The van der Waals surface area contributed by atoms with Crippen molar-refractivity contribution in [2.45, 2.75) is 6.42 Å². The molecule has 0 aliphatic carbocycles. The third kappa shape index (κ3) is 0.860. The number of nitrogens with one attached hydrogen (secondary N) is 3. The molecule has 2 saturated heterocycles. The van der Waals surface area contributed by atoms with Crippen LogP contribution in [-0.2, 0) is 14.4 Å². The fourth-order valence-corrected chi connectivity index (χ4v) is 1.62. The Kier molecular flexibility index (Phi) is 1.57. The first-order valence-electron chi connectivity index (χ1n) is 4.02.